The van der Waals surface area contributed by atoms with Gasteiger partial charge in [-0.3, -0.25) is 9.59 Å². The molecule has 1 heterocycles. The third kappa shape index (κ3) is 8.05. The molecule has 0 saturated carbocycles. The van der Waals surface area contributed by atoms with Crippen molar-refractivity contribution < 1.29 is 67.1 Å². The molecule has 7 nitrogen and oxygen atoms in total. The Morgan fingerprint density at radius 2 is 1.50 bits per heavy atom. The number of hydrogen-bond donors (Lipinski definition) is 0. The topological polar surface area (TPSA) is 118 Å². The summed E-state index contributed by atoms with van der Waals surface area (Å²) >= 11 is 0. The van der Waals surface area contributed by atoms with E-state index in [9.17, 15) is 29.4 Å². The molecule has 0 radical (unpaired) electrons. The van der Waals surface area contributed by atoms with Gasteiger partial charge in [-0.05, 0) is 25.7 Å². The molecule has 0 bridgehead atoms. The van der Waals surface area contributed by atoms with E-state index in [1.165, 1.54) is 0 Å². The van der Waals surface area contributed by atoms with Crippen LogP contribution >= 0.6 is 0 Å². The quantitative estimate of drug-likeness (QED) is 0.340. The van der Waals surface area contributed by atoms with Crippen LogP contribution in [0, 0.1) is 5.92 Å². The van der Waals surface area contributed by atoms with Gasteiger partial charge < -0.3 is 24.7 Å². The van der Waals surface area contributed by atoms with E-state index in [0.29, 0.717) is 13.1 Å². The summed E-state index contributed by atoms with van der Waals surface area (Å²) in [7, 11) is 0. The molecule has 1 fully saturated rings. The zero-order chi connectivity index (χ0) is 15.1. The van der Waals surface area contributed by atoms with Crippen molar-refractivity contribution in [3.63, 3.8) is 0 Å². The molecule has 1 aliphatic heterocycles. The Kier molecular flexibility index (Phi) is 12.6. The molecular formula is C13H17Li2NO6. The van der Waals surface area contributed by atoms with Crippen LogP contribution < -0.4 is 47.9 Å². The second kappa shape index (κ2) is 11.8. The van der Waals surface area contributed by atoms with Crippen LogP contribution in [0.1, 0.15) is 38.5 Å². The van der Waals surface area contributed by atoms with Gasteiger partial charge in [-0.1, -0.05) is 0 Å². The van der Waals surface area contributed by atoms with Crippen LogP contribution in [-0.2, 0) is 19.2 Å². The predicted octanol–water partition coefficient (Wildman–Crippen LogP) is -8.14. The predicted molar refractivity (Wildman–Crippen MR) is 62.8 cm³/mol. The summed E-state index contributed by atoms with van der Waals surface area (Å²) in [5.74, 6) is -6.17. The summed E-state index contributed by atoms with van der Waals surface area (Å²) in [6.07, 6.45) is 2.11. The molecule has 22 heavy (non-hydrogen) atoms. The van der Waals surface area contributed by atoms with Gasteiger partial charge in [0.25, 0.3) is 0 Å². The van der Waals surface area contributed by atoms with Crippen molar-refractivity contribution in [2.24, 2.45) is 5.92 Å². The fourth-order valence-corrected chi connectivity index (χ4v) is 2.21. The number of carboxylic acids is 2. The molecule has 1 saturated heterocycles. The van der Waals surface area contributed by atoms with Crippen molar-refractivity contribution in [1.29, 1.82) is 0 Å². The molecule has 0 N–H and O–H groups in total. The number of piperidine rings is 1. The average Bonchev–Trinajstić information content (AvgIpc) is 2.43. The Morgan fingerprint density at radius 1 is 0.955 bits per heavy atom. The summed E-state index contributed by atoms with van der Waals surface area (Å²) in [5.41, 5.74) is 0. The van der Waals surface area contributed by atoms with Gasteiger partial charge in [0.2, 0.25) is 5.91 Å². The molecule has 1 atom stereocenters. The van der Waals surface area contributed by atoms with E-state index in [1.54, 1.807) is 4.90 Å². The molecular weight excluding hydrogens is 280 g/mol. The van der Waals surface area contributed by atoms with Crippen molar-refractivity contribution >= 4 is 23.6 Å². The zero-order valence-corrected chi connectivity index (χ0v) is 13.1. The molecule has 0 aliphatic carbocycles. The maximum Gasteiger partial charge on any atom is 1.00 e. The minimum atomic E-state index is -1.92. The van der Waals surface area contributed by atoms with Gasteiger partial charge >= 0.3 is 37.7 Å². The smallest absolute Gasteiger partial charge is 0.550 e. The largest absolute Gasteiger partial charge is 1.00 e. The SMILES string of the molecule is O=C([O-])C(=O)CC(CCC(=O)N1CCCCC1)C(=O)[O-].[Li+].[Li+]. The molecule has 0 spiro atoms. The van der Waals surface area contributed by atoms with E-state index in [4.69, 9.17) is 0 Å². The van der Waals surface area contributed by atoms with Crippen LogP contribution in [0.2, 0.25) is 0 Å². The number of Topliss-reactive ketones (excluding diaryl/α,β-unsaturated/α-hetero) is 1. The van der Waals surface area contributed by atoms with Crippen LogP contribution in [0.25, 0.3) is 0 Å². The second-order valence-electron chi connectivity index (χ2n) is 4.91. The normalized spacial score (nSPS) is 15.0. The van der Waals surface area contributed by atoms with Crippen molar-refractivity contribution in [2.45, 2.75) is 38.5 Å². The van der Waals surface area contributed by atoms with Gasteiger partial charge in [0, 0.05) is 37.8 Å². The second-order valence-corrected chi connectivity index (χ2v) is 4.91. The Bertz CT molecular complexity index is 409. The van der Waals surface area contributed by atoms with Gasteiger partial charge in [0.15, 0.2) is 5.78 Å². The summed E-state index contributed by atoms with van der Waals surface area (Å²) in [4.78, 5) is 45.6. The van der Waals surface area contributed by atoms with Crippen molar-refractivity contribution in [3.8, 4) is 0 Å². The monoisotopic (exact) mass is 297 g/mol. The van der Waals surface area contributed by atoms with E-state index in [1.807, 2.05) is 0 Å². The molecule has 1 aliphatic rings. The van der Waals surface area contributed by atoms with Crippen LogP contribution in [0.4, 0.5) is 0 Å². The summed E-state index contributed by atoms with van der Waals surface area (Å²) in [5, 5.41) is 21.1. The number of amides is 1. The van der Waals surface area contributed by atoms with Gasteiger partial charge in [-0.2, -0.15) is 0 Å². The van der Waals surface area contributed by atoms with E-state index >= 15 is 0 Å². The number of rotatable bonds is 7. The van der Waals surface area contributed by atoms with Crippen LogP contribution in [0.5, 0.6) is 0 Å². The number of hydrogen-bond acceptors (Lipinski definition) is 6. The van der Waals surface area contributed by atoms with Crippen molar-refractivity contribution in [2.75, 3.05) is 13.1 Å². The number of carboxylic acid groups (broad SMARTS) is 2. The summed E-state index contributed by atoms with van der Waals surface area (Å²) < 4.78 is 0. The number of aliphatic carboxylic acids is 2. The van der Waals surface area contributed by atoms with Gasteiger partial charge in [-0.15, -0.1) is 0 Å². The molecule has 112 valence electrons. The number of carbonyl (C=O) groups excluding carboxylic acids is 4. The Morgan fingerprint density at radius 3 is 1.95 bits per heavy atom. The minimum absolute atomic E-state index is 0. The van der Waals surface area contributed by atoms with E-state index < -0.39 is 30.1 Å². The van der Waals surface area contributed by atoms with Crippen LogP contribution in [0.15, 0.2) is 0 Å². The van der Waals surface area contributed by atoms with E-state index in [-0.39, 0.29) is 56.5 Å². The average molecular weight is 297 g/mol. The molecule has 1 rings (SSSR count). The number of nitrogens with zero attached hydrogens (tertiary/aromatic N) is 1. The minimum Gasteiger partial charge on any atom is -0.550 e. The first-order valence-corrected chi connectivity index (χ1v) is 6.64. The molecule has 0 aromatic heterocycles. The third-order valence-corrected chi connectivity index (χ3v) is 3.41. The van der Waals surface area contributed by atoms with Gasteiger partial charge in [-0.25, -0.2) is 0 Å². The zero-order valence-electron chi connectivity index (χ0n) is 13.1. The maximum absolute atomic E-state index is 11.8. The first-order valence-electron chi connectivity index (χ1n) is 6.64. The molecule has 0 aromatic rings. The first kappa shape index (κ1) is 23.5. The van der Waals surface area contributed by atoms with Crippen molar-refractivity contribution in [3.05, 3.63) is 0 Å². The number of ketones is 1. The van der Waals surface area contributed by atoms with Crippen LogP contribution in [0.3, 0.4) is 0 Å². The molecule has 9 heteroatoms. The fourth-order valence-electron chi connectivity index (χ4n) is 2.21. The summed E-state index contributed by atoms with van der Waals surface area (Å²) in [6.45, 7) is 1.32. The Hall–Kier alpha value is -0.725. The van der Waals surface area contributed by atoms with E-state index in [0.717, 1.165) is 19.3 Å². The number of carbonyl (C=O) groups is 4. The van der Waals surface area contributed by atoms with Gasteiger partial charge in [0.1, 0.15) is 5.97 Å². The maximum atomic E-state index is 11.8. The molecule has 1 unspecified atom stereocenters. The molecule has 0 aromatic carbocycles. The van der Waals surface area contributed by atoms with Gasteiger partial charge in [0.05, 0.1) is 0 Å². The molecule has 1 amide bonds. The fraction of sp³-hybridized carbons (Fsp3) is 0.692. The standard InChI is InChI=1S/C13H19NO6.2Li/c15-10(13(19)20)8-9(12(17)18)4-5-11(16)14-6-2-1-3-7-14;;/h9H,1-8H2,(H,17,18)(H,19,20);;/q;2*+1/p-2. The number of likely N-dealkylation sites (tertiary alicyclic amines) is 1. The van der Waals surface area contributed by atoms with E-state index in [2.05, 4.69) is 0 Å². The Balaban J connectivity index is 0. The first-order chi connectivity index (χ1) is 9.41. The summed E-state index contributed by atoms with van der Waals surface area (Å²) in [6, 6.07) is 0. The Labute approximate surface area is 153 Å². The van der Waals surface area contributed by atoms with Crippen LogP contribution in [-0.4, -0.2) is 41.6 Å². The third-order valence-electron chi connectivity index (χ3n) is 3.41. The van der Waals surface area contributed by atoms with Crippen molar-refractivity contribution in [1.82, 2.24) is 4.90 Å².